The molecule has 1 atom stereocenters. The third kappa shape index (κ3) is 3.02. The van der Waals surface area contributed by atoms with E-state index in [-0.39, 0.29) is 12.0 Å². The molecule has 0 radical (unpaired) electrons. The zero-order valence-electron chi connectivity index (χ0n) is 10.3. The summed E-state index contributed by atoms with van der Waals surface area (Å²) in [5.41, 5.74) is 1.57. The molecule has 0 aromatic carbocycles. The predicted octanol–water partition coefficient (Wildman–Crippen LogP) is 2.78. The number of thiazole rings is 1. The largest absolute Gasteiger partial charge is 0.376 e. The van der Waals surface area contributed by atoms with Crippen LogP contribution in [0.1, 0.15) is 23.3 Å². The zero-order valence-corrected chi connectivity index (χ0v) is 11.9. The number of nitrogens with zero attached hydrogens (tertiary/aromatic N) is 1. The van der Waals surface area contributed by atoms with Gasteiger partial charge in [0, 0.05) is 29.5 Å². The van der Waals surface area contributed by atoms with E-state index in [4.69, 9.17) is 4.74 Å². The fourth-order valence-electron chi connectivity index (χ4n) is 2.00. The SMILES string of the molecule is O=C(NC[C@H]1CCCO1)c1csc(-c2ccsc2)n1. The van der Waals surface area contributed by atoms with Crippen molar-refractivity contribution in [3.63, 3.8) is 0 Å². The molecule has 0 unspecified atom stereocenters. The molecule has 3 heterocycles. The Hall–Kier alpha value is -1.24. The Labute approximate surface area is 119 Å². The molecular formula is C13H14N2O2S2. The Morgan fingerprint density at radius 3 is 3.21 bits per heavy atom. The van der Waals surface area contributed by atoms with Crippen molar-refractivity contribution in [2.24, 2.45) is 0 Å². The van der Waals surface area contributed by atoms with Crippen LogP contribution in [0.5, 0.6) is 0 Å². The highest BCUT2D eigenvalue weighted by Crippen LogP contribution is 2.25. The molecule has 4 nitrogen and oxygen atoms in total. The minimum Gasteiger partial charge on any atom is -0.376 e. The van der Waals surface area contributed by atoms with Crippen LogP contribution in [0, 0.1) is 0 Å². The number of carbonyl (C=O) groups is 1. The number of carbonyl (C=O) groups excluding carboxylic acids is 1. The van der Waals surface area contributed by atoms with Gasteiger partial charge in [0.15, 0.2) is 0 Å². The third-order valence-corrected chi connectivity index (χ3v) is 4.59. The molecule has 19 heavy (non-hydrogen) atoms. The lowest BCUT2D eigenvalue weighted by Gasteiger charge is -2.09. The van der Waals surface area contributed by atoms with Crippen molar-refractivity contribution in [2.45, 2.75) is 18.9 Å². The Kier molecular flexibility index (Phi) is 3.91. The topological polar surface area (TPSA) is 51.2 Å². The fourth-order valence-corrected chi connectivity index (χ4v) is 3.51. The first-order chi connectivity index (χ1) is 9.33. The maximum Gasteiger partial charge on any atom is 0.270 e. The minimum absolute atomic E-state index is 0.117. The number of thiophene rings is 1. The van der Waals surface area contributed by atoms with Gasteiger partial charge in [-0.05, 0) is 24.3 Å². The van der Waals surface area contributed by atoms with E-state index in [1.165, 1.54) is 11.3 Å². The van der Waals surface area contributed by atoms with E-state index in [0.717, 1.165) is 30.0 Å². The van der Waals surface area contributed by atoms with E-state index in [9.17, 15) is 4.79 Å². The van der Waals surface area contributed by atoms with Gasteiger partial charge in [-0.25, -0.2) is 4.98 Å². The lowest BCUT2D eigenvalue weighted by molar-refractivity contribution is 0.0854. The van der Waals surface area contributed by atoms with Crippen molar-refractivity contribution in [3.05, 3.63) is 27.9 Å². The first-order valence-electron chi connectivity index (χ1n) is 6.21. The Balaban J connectivity index is 1.60. The predicted molar refractivity (Wildman–Crippen MR) is 76.7 cm³/mol. The lowest BCUT2D eigenvalue weighted by atomic mass is 10.2. The highest BCUT2D eigenvalue weighted by atomic mass is 32.1. The van der Waals surface area contributed by atoms with Crippen LogP contribution in [0.15, 0.2) is 22.2 Å². The van der Waals surface area contributed by atoms with Gasteiger partial charge in [0.1, 0.15) is 10.7 Å². The molecule has 0 spiro atoms. The second-order valence-corrected chi connectivity index (χ2v) is 6.03. The summed E-state index contributed by atoms with van der Waals surface area (Å²) in [6, 6.07) is 2.01. The zero-order chi connectivity index (χ0) is 13.1. The number of hydrogen-bond acceptors (Lipinski definition) is 5. The highest BCUT2D eigenvalue weighted by Gasteiger charge is 2.18. The van der Waals surface area contributed by atoms with E-state index in [0.29, 0.717) is 12.2 Å². The monoisotopic (exact) mass is 294 g/mol. The summed E-state index contributed by atoms with van der Waals surface area (Å²) < 4.78 is 5.47. The summed E-state index contributed by atoms with van der Waals surface area (Å²) in [7, 11) is 0. The van der Waals surface area contributed by atoms with Crippen LogP contribution in [0.25, 0.3) is 10.6 Å². The molecule has 2 aromatic heterocycles. The quantitative estimate of drug-likeness (QED) is 0.943. The molecule has 0 bridgehead atoms. The van der Waals surface area contributed by atoms with Crippen LogP contribution in [0.3, 0.4) is 0 Å². The summed E-state index contributed by atoms with van der Waals surface area (Å²) in [5, 5.41) is 9.62. The van der Waals surface area contributed by atoms with Crippen molar-refractivity contribution in [3.8, 4) is 10.6 Å². The molecule has 1 amide bonds. The molecular weight excluding hydrogens is 280 g/mol. The van der Waals surface area contributed by atoms with Crippen molar-refractivity contribution in [1.29, 1.82) is 0 Å². The molecule has 1 fully saturated rings. The first-order valence-corrected chi connectivity index (χ1v) is 8.03. The van der Waals surface area contributed by atoms with E-state index in [1.807, 2.05) is 16.8 Å². The first kappa shape index (κ1) is 12.8. The molecule has 2 aromatic rings. The number of aromatic nitrogens is 1. The summed E-state index contributed by atoms with van der Waals surface area (Å²) in [5.74, 6) is -0.117. The minimum atomic E-state index is -0.117. The van der Waals surface area contributed by atoms with Gasteiger partial charge < -0.3 is 10.1 Å². The molecule has 1 saturated heterocycles. The van der Waals surface area contributed by atoms with Crippen LogP contribution in [-0.4, -0.2) is 30.1 Å². The van der Waals surface area contributed by atoms with Crippen LogP contribution >= 0.6 is 22.7 Å². The number of hydrogen-bond donors (Lipinski definition) is 1. The molecule has 3 rings (SSSR count). The summed E-state index contributed by atoms with van der Waals surface area (Å²) in [6.07, 6.45) is 2.27. The van der Waals surface area contributed by atoms with Crippen molar-refractivity contribution < 1.29 is 9.53 Å². The Morgan fingerprint density at radius 2 is 2.47 bits per heavy atom. The molecule has 100 valence electrons. The van der Waals surface area contributed by atoms with Crippen molar-refractivity contribution >= 4 is 28.6 Å². The fraction of sp³-hybridized carbons (Fsp3) is 0.385. The smallest absolute Gasteiger partial charge is 0.270 e. The van der Waals surface area contributed by atoms with E-state index >= 15 is 0 Å². The Bertz CT molecular complexity index is 545. The summed E-state index contributed by atoms with van der Waals surface area (Å²) in [4.78, 5) is 16.3. The maximum absolute atomic E-state index is 12.0. The highest BCUT2D eigenvalue weighted by molar-refractivity contribution is 7.14. The van der Waals surface area contributed by atoms with Gasteiger partial charge in [0.25, 0.3) is 5.91 Å². The van der Waals surface area contributed by atoms with Crippen LogP contribution < -0.4 is 5.32 Å². The van der Waals surface area contributed by atoms with Gasteiger partial charge in [0.2, 0.25) is 0 Å². The van der Waals surface area contributed by atoms with Crippen LogP contribution in [-0.2, 0) is 4.74 Å². The van der Waals surface area contributed by atoms with Crippen molar-refractivity contribution in [2.75, 3.05) is 13.2 Å². The number of ether oxygens (including phenoxy) is 1. The van der Waals surface area contributed by atoms with Gasteiger partial charge in [-0.3, -0.25) is 4.79 Å². The normalized spacial score (nSPS) is 18.6. The average molecular weight is 294 g/mol. The maximum atomic E-state index is 12.0. The molecule has 6 heteroatoms. The van der Waals surface area contributed by atoms with Crippen LogP contribution in [0.4, 0.5) is 0 Å². The third-order valence-electron chi connectivity index (χ3n) is 3.02. The molecule has 0 aliphatic carbocycles. The molecule has 0 saturated carbocycles. The molecule has 1 N–H and O–H groups in total. The van der Waals surface area contributed by atoms with E-state index in [2.05, 4.69) is 10.3 Å². The number of amides is 1. The number of nitrogens with one attached hydrogen (secondary N) is 1. The van der Waals surface area contributed by atoms with Gasteiger partial charge in [0.05, 0.1) is 6.10 Å². The summed E-state index contributed by atoms with van der Waals surface area (Å²) >= 11 is 3.13. The van der Waals surface area contributed by atoms with E-state index < -0.39 is 0 Å². The lowest BCUT2D eigenvalue weighted by Crippen LogP contribution is -2.31. The second kappa shape index (κ2) is 5.81. The van der Waals surface area contributed by atoms with Crippen molar-refractivity contribution in [1.82, 2.24) is 10.3 Å². The van der Waals surface area contributed by atoms with Gasteiger partial charge >= 0.3 is 0 Å². The van der Waals surface area contributed by atoms with Gasteiger partial charge in [-0.2, -0.15) is 11.3 Å². The average Bonchev–Trinajstić information content (AvgIpc) is 3.14. The number of rotatable bonds is 4. The standard InChI is InChI=1S/C13H14N2O2S2/c16-12(14-6-10-2-1-4-17-10)11-8-19-13(15-11)9-3-5-18-7-9/h3,5,7-8,10H,1-2,4,6H2,(H,14,16)/t10-/m1/s1. The van der Waals surface area contributed by atoms with Gasteiger partial charge in [-0.1, -0.05) is 0 Å². The Morgan fingerprint density at radius 1 is 1.53 bits per heavy atom. The second-order valence-electron chi connectivity index (χ2n) is 4.39. The van der Waals surface area contributed by atoms with E-state index in [1.54, 1.807) is 16.7 Å². The van der Waals surface area contributed by atoms with Gasteiger partial charge in [-0.15, -0.1) is 11.3 Å². The summed E-state index contributed by atoms with van der Waals surface area (Å²) in [6.45, 7) is 1.38. The molecule has 1 aliphatic rings. The van der Waals surface area contributed by atoms with Crippen LogP contribution in [0.2, 0.25) is 0 Å². The molecule has 1 aliphatic heterocycles.